The van der Waals surface area contributed by atoms with E-state index in [0.717, 1.165) is 36.2 Å². The van der Waals surface area contributed by atoms with Crippen LogP contribution in [0.1, 0.15) is 31.2 Å². The molecule has 140 valence electrons. The van der Waals surface area contributed by atoms with E-state index in [1.54, 1.807) is 6.07 Å². The second-order valence-electron chi connectivity index (χ2n) is 7.00. The van der Waals surface area contributed by atoms with Crippen molar-refractivity contribution in [2.24, 2.45) is 0 Å². The number of hydrogen-bond donors (Lipinski definition) is 3. The number of aryl methyl sites for hydroxylation is 1. The van der Waals surface area contributed by atoms with Gasteiger partial charge in [-0.05, 0) is 68.1 Å². The Morgan fingerprint density at radius 1 is 1.19 bits per heavy atom. The predicted octanol–water partition coefficient (Wildman–Crippen LogP) is 2.35. The number of phenolic OH excluding ortho intramolecular Hbond substituents is 1. The van der Waals surface area contributed by atoms with E-state index in [1.807, 2.05) is 30.1 Å². The second kappa shape index (κ2) is 8.96. The van der Waals surface area contributed by atoms with Crippen LogP contribution in [0.2, 0.25) is 0 Å². The van der Waals surface area contributed by atoms with E-state index in [9.17, 15) is 5.11 Å². The number of aliphatic hydroxyl groups excluding tert-OH is 1. The van der Waals surface area contributed by atoms with Crippen LogP contribution in [0.5, 0.6) is 5.75 Å². The van der Waals surface area contributed by atoms with E-state index in [-0.39, 0.29) is 12.4 Å². The molecule has 2 aromatic rings. The van der Waals surface area contributed by atoms with Crippen LogP contribution in [0.25, 0.3) is 11.3 Å². The lowest BCUT2D eigenvalue weighted by atomic mass is 9.96. The molecule has 6 nitrogen and oxygen atoms in total. The summed E-state index contributed by atoms with van der Waals surface area (Å²) in [5, 5.41) is 31.2. The maximum absolute atomic E-state index is 10.1. The Morgan fingerprint density at radius 2 is 2.08 bits per heavy atom. The molecule has 1 fully saturated rings. The van der Waals surface area contributed by atoms with Crippen molar-refractivity contribution in [1.82, 2.24) is 15.5 Å². The molecule has 2 heterocycles. The van der Waals surface area contributed by atoms with Gasteiger partial charge < -0.3 is 20.4 Å². The lowest BCUT2D eigenvalue weighted by molar-refractivity contribution is 0.303. The molecule has 1 atom stereocenters. The van der Waals surface area contributed by atoms with Gasteiger partial charge in [0.2, 0.25) is 0 Å². The second-order valence-corrected chi connectivity index (χ2v) is 7.00. The Labute approximate surface area is 154 Å². The van der Waals surface area contributed by atoms with Crippen LogP contribution in [0.3, 0.4) is 0 Å². The van der Waals surface area contributed by atoms with E-state index < -0.39 is 0 Å². The van der Waals surface area contributed by atoms with Gasteiger partial charge in [-0.3, -0.25) is 0 Å². The normalized spacial score (nSPS) is 17.2. The van der Waals surface area contributed by atoms with Crippen molar-refractivity contribution < 1.29 is 10.2 Å². The average molecular weight is 356 g/mol. The van der Waals surface area contributed by atoms with Crippen LogP contribution in [-0.2, 0) is 6.42 Å². The third kappa shape index (κ3) is 4.93. The van der Waals surface area contributed by atoms with Crippen LogP contribution < -0.4 is 10.2 Å². The molecule has 3 N–H and O–H groups in total. The number of rotatable bonds is 7. The summed E-state index contributed by atoms with van der Waals surface area (Å²) in [7, 11) is 1.87. The molecule has 1 aromatic carbocycles. The van der Waals surface area contributed by atoms with E-state index in [0.29, 0.717) is 18.4 Å². The summed E-state index contributed by atoms with van der Waals surface area (Å²) in [5.74, 6) is 0.976. The van der Waals surface area contributed by atoms with Gasteiger partial charge in [-0.15, -0.1) is 10.2 Å². The van der Waals surface area contributed by atoms with Crippen LogP contribution in [0, 0.1) is 0 Å². The van der Waals surface area contributed by atoms with Crippen molar-refractivity contribution in [3.8, 4) is 17.0 Å². The first-order valence-electron chi connectivity index (χ1n) is 9.38. The van der Waals surface area contributed by atoms with Crippen molar-refractivity contribution in [2.75, 3.05) is 31.6 Å². The third-order valence-electron chi connectivity index (χ3n) is 4.94. The zero-order valence-electron chi connectivity index (χ0n) is 15.4. The lowest BCUT2D eigenvalue weighted by Crippen LogP contribution is -2.34. The molecular formula is C20H28N4O2. The molecule has 1 aliphatic rings. The molecule has 1 aromatic heterocycles. The van der Waals surface area contributed by atoms with E-state index in [2.05, 4.69) is 21.6 Å². The minimum absolute atomic E-state index is 0.0751. The van der Waals surface area contributed by atoms with E-state index in [1.165, 1.54) is 19.3 Å². The number of nitrogens with one attached hydrogen (secondary N) is 1. The Bertz CT molecular complexity index is 699. The first-order chi connectivity index (χ1) is 12.7. The van der Waals surface area contributed by atoms with Crippen LogP contribution in [0.15, 0.2) is 30.3 Å². The number of nitrogens with zero attached hydrogens (tertiary/aromatic N) is 3. The Kier molecular flexibility index (Phi) is 6.41. The van der Waals surface area contributed by atoms with Gasteiger partial charge >= 0.3 is 0 Å². The quantitative estimate of drug-likeness (QED) is 0.707. The molecule has 1 saturated heterocycles. The fraction of sp³-hybridized carbons (Fsp3) is 0.500. The summed E-state index contributed by atoms with van der Waals surface area (Å²) in [6.07, 6.45) is 5.83. The maximum atomic E-state index is 10.1. The van der Waals surface area contributed by atoms with Gasteiger partial charge in [0.25, 0.3) is 0 Å². The van der Waals surface area contributed by atoms with Crippen molar-refractivity contribution in [3.05, 3.63) is 35.9 Å². The third-order valence-corrected chi connectivity index (χ3v) is 4.94. The Balaban J connectivity index is 1.70. The fourth-order valence-corrected chi connectivity index (χ4v) is 3.42. The number of likely N-dealkylation sites (N-methyl/N-ethyl adjacent to an activating group) is 1. The fourth-order valence-electron chi connectivity index (χ4n) is 3.42. The molecule has 0 radical (unpaired) electrons. The number of benzene rings is 1. The zero-order valence-corrected chi connectivity index (χ0v) is 15.4. The van der Waals surface area contributed by atoms with Gasteiger partial charge in [0.15, 0.2) is 5.82 Å². The average Bonchev–Trinajstić information content (AvgIpc) is 2.67. The SMILES string of the molecule is CN(CCO)c1ccc(-c2cc(O)cc(CCC3CCCCN3)c2)nn1. The molecule has 0 spiro atoms. The van der Waals surface area contributed by atoms with Gasteiger partial charge in [-0.1, -0.05) is 6.42 Å². The van der Waals surface area contributed by atoms with Gasteiger partial charge in [-0.2, -0.15) is 0 Å². The van der Waals surface area contributed by atoms with Gasteiger partial charge in [0.1, 0.15) is 5.75 Å². The summed E-state index contributed by atoms with van der Waals surface area (Å²) in [6, 6.07) is 10.0. The Hall–Kier alpha value is -2.18. The monoisotopic (exact) mass is 356 g/mol. The highest BCUT2D eigenvalue weighted by Crippen LogP contribution is 2.26. The molecule has 0 saturated carbocycles. The van der Waals surface area contributed by atoms with Gasteiger partial charge in [0, 0.05) is 25.2 Å². The highest BCUT2D eigenvalue weighted by molar-refractivity contribution is 5.63. The van der Waals surface area contributed by atoms with Crippen LogP contribution in [-0.4, -0.2) is 53.2 Å². The smallest absolute Gasteiger partial charge is 0.151 e. The molecule has 3 rings (SSSR count). The number of aromatic hydroxyl groups is 1. The molecule has 1 unspecified atom stereocenters. The lowest BCUT2D eigenvalue weighted by Gasteiger charge is -2.23. The molecular weight excluding hydrogens is 328 g/mol. The van der Waals surface area contributed by atoms with Crippen LogP contribution in [0.4, 0.5) is 5.82 Å². The Morgan fingerprint density at radius 3 is 2.77 bits per heavy atom. The molecule has 0 aliphatic carbocycles. The molecule has 26 heavy (non-hydrogen) atoms. The summed E-state index contributed by atoms with van der Waals surface area (Å²) < 4.78 is 0. The number of piperidine rings is 1. The van der Waals surface area contributed by atoms with Crippen molar-refractivity contribution in [1.29, 1.82) is 0 Å². The highest BCUT2D eigenvalue weighted by atomic mass is 16.3. The van der Waals surface area contributed by atoms with Gasteiger partial charge in [-0.25, -0.2) is 0 Å². The molecule has 0 bridgehead atoms. The number of aliphatic hydroxyl groups is 1. The van der Waals surface area contributed by atoms with E-state index in [4.69, 9.17) is 5.11 Å². The number of aromatic nitrogens is 2. The van der Waals surface area contributed by atoms with Crippen molar-refractivity contribution >= 4 is 5.82 Å². The zero-order chi connectivity index (χ0) is 18.4. The molecule has 0 amide bonds. The first-order valence-corrected chi connectivity index (χ1v) is 9.38. The maximum Gasteiger partial charge on any atom is 0.151 e. The summed E-state index contributed by atoms with van der Waals surface area (Å²) in [4.78, 5) is 1.85. The summed E-state index contributed by atoms with van der Waals surface area (Å²) >= 11 is 0. The molecule has 1 aliphatic heterocycles. The largest absolute Gasteiger partial charge is 0.508 e. The summed E-state index contributed by atoms with van der Waals surface area (Å²) in [6.45, 7) is 1.70. The van der Waals surface area contributed by atoms with E-state index >= 15 is 0 Å². The standard InChI is InChI=1S/C20H28N4O2/c1-24(10-11-25)20-8-7-19(22-23-20)16-12-15(13-18(26)14-16)5-6-17-4-2-3-9-21-17/h7-8,12-14,17,21,25-26H,2-6,9-11H2,1H3. The van der Waals surface area contributed by atoms with Crippen LogP contribution >= 0.6 is 0 Å². The topological polar surface area (TPSA) is 81.5 Å². The van der Waals surface area contributed by atoms with Gasteiger partial charge in [0.05, 0.1) is 12.3 Å². The number of phenols is 1. The predicted molar refractivity (Wildman–Crippen MR) is 103 cm³/mol. The van der Waals surface area contributed by atoms with Crippen molar-refractivity contribution in [2.45, 2.75) is 38.1 Å². The minimum Gasteiger partial charge on any atom is -0.508 e. The minimum atomic E-state index is 0.0751. The number of anilines is 1. The molecule has 6 heteroatoms. The first kappa shape index (κ1) is 18.6. The highest BCUT2D eigenvalue weighted by Gasteiger charge is 2.13. The van der Waals surface area contributed by atoms with Crippen molar-refractivity contribution in [3.63, 3.8) is 0 Å². The summed E-state index contributed by atoms with van der Waals surface area (Å²) in [5.41, 5.74) is 2.73. The number of hydrogen-bond acceptors (Lipinski definition) is 6.